The van der Waals surface area contributed by atoms with Gasteiger partial charge in [-0.2, -0.15) is 0 Å². The van der Waals surface area contributed by atoms with Crippen LogP contribution in [0.4, 0.5) is 0 Å². The van der Waals surface area contributed by atoms with Gasteiger partial charge in [0.1, 0.15) is 13.2 Å². The first-order valence-corrected chi connectivity index (χ1v) is 36.5. The molecule has 0 saturated carbocycles. The molecule has 0 spiro atoms. The molecule has 0 saturated heterocycles. The van der Waals surface area contributed by atoms with Gasteiger partial charge in [-0.1, -0.05) is 365 Å². The van der Waals surface area contributed by atoms with Crippen molar-refractivity contribution < 1.29 is 28.6 Å². The summed E-state index contributed by atoms with van der Waals surface area (Å²) in [6, 6.07) is 0. The molecule has 0 aromatic carbocycles. The van der Waals surface area contributed by atoms with E-state index in [1.54, 1.807) is 0 Å². The maximum absolute atomic E-state index is 12.9. The van der Waals surface area contributed by atoms with Gasteiger partial charge < -0.3 is 14.2 Å². The minimum atomic E-state index is -0.777. The first-order chi connectivity index (χ1) is 40.0. The van der Waals surface area contributed by atoms with Crippen LogP contribution in [0.3, 0.4) is 0 Å². The zero-order chi connectivity index (χ0) is 58.5. The molecule has 6 heteroatoms. The molecule has 0 radical (unpaired) electrons. The van der Waals surface area contributed by atoms with Crippen LogP contribution in [0.2, 0.25) is 0 Å². The Labute approximate surface area is 506 Å². The number of carbonyl (C=O) groups excluding carboxylic acids is 3. The lowest BCUT2D eigenvalue weighted by Crippen LogP contribution is -2.30. The Morgan fingerprint density at radius 3 is 0.691 bits per heavy atom. The fourth-order valence-electron chi connectivity index (χ4n) is 11.2. The normalized spacial score (nSPS) is 12.2. The molecule has 0 rings (SSSR count). The number of ether oxygens (including phenoxy) is 3. The van der Waals surface area contributed by atoms with Gasteiger partial charge in [0.25, 0.3) is 0 Å². The standard InChI is InChI=1S/C75H140O6/c1-4-7-10-13-16-19-22-25-27-29-31-33-34-35-36-37-38-39-40-42-43-45-47-50-53-56-59-62-65-68-74(77)80-71-72(70-79-73(76)67-64-61-58-55-52-49-24-21-18-15-12-9-6-3)81-75(78)69-66-63-60-57-54-51-48-46-44-41-32-30-28-26-23-20-17-14-11-8-5-2/h23,26,30,32,44,46,72H,4-22,24-25,27-29,31,33-43,45,47-71H2,1-3H3/b26-23-,32-30-,46-44-. The fourth-order valence-corrected chi connectivity index (χ4v) is 11.2. The largest absolute Gasteiger partial charge is 0.462 e. The first kappa shape index (κ1) is 78.6. The van der Waals surface area contributed by atoms with Crippen LogP contribution in [0.15, 0.2) is 36.5 Å². The monoisotopic (exact) mass is 1140 g/mol. The summed E-state index contributed by atoms with van der Waals surface area (Å²) in [6.45, 7) is 6.69. The van der Waals surface area contributed by atoms with Crippen molar-refractivity contribution in [3.8, 4) is 0 Å². The second-order valence-electron chi connectivity index (χ2n) is 24.9. The lowest BCUT2D eigenvalue weighted by molar-refractivity contribution is -0.167. The number of carbonyl (C=O) groups is 3. The van der Waals surface area contributed by atoms with Gasteiger partial charge in [0.15, 0.2) is 6.10 Å². The molecule has 6 nitrogen and oxygen atoms in total. The molecule has 0 aliphatic rings. The highest BCUT2D eigenvalue weighted by Crippen LogP contribution is 2.19. The molecule has 1 unspecified atom stereocenters. The van der Waals surface area contributed by atoms with Crippen molar-refractivity contribution in [1.82, 2.24) is 0 Å². The summed E-state index contributed by atoms with van der Waals surface area (Å²) < 4.78 is 17.0. The van der Waals surface area contributed by atoms with Crippen molar-refractivity contribution in [3.63, 3.8) is 0 Å². The highest BCUT2D eigenvalue weighted by Gasteiger charge is 2.19. The Kier molecular flexibility index (Phi) is 68.1. The van der Waals surface area contributed by atoms with E-state index in [2.05, 4.69) is 57.2 Å². The third-order valence-corrected chi connectivity index (χ3v) is 16.6. The zero-order valence-corrected chi connectivity index (χ0v) is 54.8. The maximum Gasteiger partial charge on any atom is 0.306 e. The summed E-state index contributed by atoms with van der Waals surface area (Å²) >= 11 is 0. The van der Waals surface area contributed by atoms with Crippen LogP contribution in [0.25, 0.3) is 0 Å². The number of esters is 3. The summed E-state index contributed by atoms with van der Waals surface area (Å²) in [5.74, 6) is -0.855. The highest BCUT2D eigenvalue weighted by molar-refractivity contribution is 5.71. The molecular formula is C75H140O6. The molecule has 0 aromatic heterocycles. The molecule has 476 valence electrons. The van der Waals surface area contributed by atoms with Crippen LogP contribution in [0.1, 0.15) is 406 Å². The van der Waals surface area contributed by atoms with Crippen molar-refractivity contribution in [2.24, 2.45) is 0 Å². The van der Waals surface area contributed by atoms with Gasteiger partial charge in [-0.05, 0) is 57.8 Å². The van der Waals surface area contributed by atoms with Crippen molar-refractivity contribution in [1.29, 1.82) is 0 Å². The quantitative estimate of drug-likeness (QED) is 0.0261. The Balaban J connectivity index is 4.20. The average molecular weight is 1140 g/mol. The molecule has 0 heterocycles. The summed E-state index contributed by atoms with van der Waals surface area (Å²) in [4.78, 5) is 38.4. The Hall–Kier alpha value is -2.37. The number of unbranched alkanes of at least 4 members (excludes halogenated alkanes) is 51. The highest BCUT2D eigenvalue weighted by atomic mass is 16.6. The predicted molar refractivity (Wildman–Crippen MR) is 353 cm³/mol. The lowest BCUT2D eigenvalue weighted by Gasteiger charge is -2.18. The van der Waals surface area contributed by atoms with E-state index in [-0.39, 0.29) is 31.1 Å². The Bertz CT molecular complexity index is 1350. The minimum absolute atomic E-state index is 0.0719. The predicted octanol–water partition coefficient (Wildman–Crippen LogP) is 25.1. The van der Waals surface area contributed by atoms with Crippen LogP contribution < -0.4 is 0 Å². The van der Waals surface area contributed by atoms with E-state index in [1.807, 2.05) is 0 Å². The first-order valence-electron chi connectivity index (χ1n) is 36.5. The smallest absolute Gasteiger partial charge is 0.306 e. The molecule has 0 bridgehead atoms. The second-order valence-corrected chi connectivity index (χ2v) is 24.9. The summed E-state index contributed by atoms with van der Waals surface area (Å²) in [7, 11) is 0. The van der Waals surface area contributed by atoms with E-state index in [0.717, 1.165) is 77.0 Å². The summed E-state index contributed by atoms with van der Waals surface area (Å²) in [5.41, 5.74) is 0. The van der Waals surface area contributed by atoms with Crippen molar-refractivity contribution >= 4 is 17.9 Å². The number of allylic oxidation sites excluding steroid dienone is 6. The number of rotatable bonds is 68. The Morgan fingerprint density at radius 1 is 0.247 bits per heavy atom. The van der Waals surface area contributed by atoms with E-state index in [9.17, 15) is 14.4 Å². The van der Waals surface area contributed by atoms with E-state index >= 15 is 0 Å². The van der Waals surface area contributed by atoms with Gasteiger partial charge in [0, 0.05) is 19.3 Å². The lowest BCUT2D eigenvalue weighted by atomic mass is 10.0. The molecule has 0 amide bonds. The molecule has 0 fully saturated rings. The van der Waals surface area contributed by atoms with E-state index in [0.29, 0.717) is 19.3 Å². The van der Waals surface area contributed by atoms with Gasteiger partial charge in [-0.3, -0.25) is 14.4 Å². The van der Waals surface area contributed by atoms with Crippen molar-refractivity contribution in [2.45, 2.75) is 412 Å². The molecule has 1 atom stereocenters. The van der Waals surface area contributed by atoms with Gasteiger partial charge in [0.2, 0.25) is 0 Å². The van der Waals surface area contributed by atoms with Gasteiger partial charge in [0.05, 0.1) is 0 Å². The van der Waals surface area contributed by atoms with Crippen molar-refractivity contribution in [3.05, 3.63) is 36.5 Å². The van der Waals surface area contributed by atoms with Crippen LogP contribution in [-0.2, 0) is 28.6 Å². The summed E-state index contributed by atoms with van der Waals surface area (Å²) in [5, 5.41) is 0. The van der Waals surface area contributed by atoms with Gasteiger partial charge >= 0.3 is 17.9 Å². The van der Waals surface area contributed by atoms with Crippen LogP contribution in [-0.4, -0.2) is 37.2 Å². The second kappa shape index (κ2) is 70.1. The average Bonchev–Trinajstić information content (AvgIpc) is 3.46. The third kappa shape index (κ3) is 68.3. The molecular weight excluding hydrogens is 997 g/mol. The number of hydrogen-bond donors (Lipinski definition) is 0. The Morgan fingerprint density at radius 2 is 0.444 bits per heavy atom. The molecule has 0 aliphatic heterocycles. The third-order valence-electron chi connectivity index (χ3n) is 16.6. The minimum Gasteiger partial charge on any atom is -0.462 e. The van der Waals surface area contributed by atoms with E-state index < -0.39 is 6.10 Å². The van der Waals surface area contributed by atoms with E-state index in [4.69, 9.17) is 14.2 Å². The van der Waals surface area contributed by atoms with Crippen molar-refractivity contribution in [2.75, 3.05) is 13.2 Å². The maximum atomic E-state index is 12.9. The van der Waals surface area contributed by atoms with Crippen LogP contribution >= 0.6 is 0 Å². The van der Waals surface area contributed by atoms with E-state index in [1.165, 1.54) is 289 Å². The fraction of sp³-hybridized carbons (Fsp3) is 0.880. The molecule has 0 N–H and O–H groups in total. The SMILES string of the molecule is CCCCCCC/C=C\C/C=C\C/C=C\CCCCCCCCC(=O)OC(COC(=O)CCCCCCCCCCCCCCC)COC(=O)CCCCCCCCCCCCCCCCCCCCCCCCCCCCCCC. The van der Waals surface area contributed by atoms with Crippen LogP contribution in [0.5, 0.6) is 0 Å². The molecule has 0 aromatic rings. The van der Waals surface area contributed by atoms with Crippen LogP contribution in [0, 0.1) is 0 Å². The summed E-state index contributed by atoms with van der Waals surface area (Å²) in [6.07, 6.45) is 87.6. The number of hydrogen-bond acceptors (Lipinski definition) is 6. The zero-order valence-electron chi connectivity index (χ0n) is 54.8. The topological polar surface area (TPSA) is 78.9 Å². The molecule has 0 aliphatic carbocycles. The van der Waals surface area contributed by atoms with Gasteiger partial charge in [-0.15, -0.1) is 0 Å². The van der Waals surface area contributed by atoms with Gasteiger partial charge in [-0.25, -0.2) is 0 Å². The molecule has 81 heavy (non-hydrogen) atoms.